The molecule has 3 fully saturated rings. The number of aryl methyl sites for hydroxylation is 3. The number of thiophene rings is 3. The van der Waals surface area contributed by atoms with Gasteiger partial charge >= 0.3 is 24.4 Å². The summed E-state index contributed by atoms with van der Waals surface area (Å²) in [6, 6.07) is 30.4. The van der Waals surface area contributed by atoms with E-state index in [1.54, 1.807) is 69.5 Å². The Morgan fingerprint density at radius 3 is 1.10 bits per heavy atom. The van der Waals surface area contributed by atoms with Gasteiger partial charge in [0.1, 0.15) is 68.3 Å². The third kappa shape index (κ3) is 27.2. The zero-order valence-corrected chi connectivity index (χ0v) is 72.2. The van der Waals surface area contributed by atoms with Gasteiger partial charge < -0.3 is 93.4 Å². The molecule has 0 spiro atoms. The maximum absolute atomic E-state index is 13.0. The monoisotopic (exact) mass is 1700 g/mol. The number of hydrogen-bond acceptors (Lipinski definition) is 25. The summed E-state index contributed by atoms with van der Waals surface area (Å²) >= 11 is 9.78. The molecule has 29 nitrogen and oxygen atoms in total. The molecule has 9 heterocycles. The number of carbonyl (C=O) groups is 7. The van der Waals surface area contributed by atoms with Crippen molar-refractivity contribution in [2.75, 3.05) is 141 Å². The fourth-order valence-corrected chi connectivity index (χ4v) is 16.5. The van der Waals surface area contributed by atoms with Crippen molar-refractivity contribution < 1.29 is 52.5 Å². The Morgan fingerprint density at radius 2 is 0.763 bits per heavy atom. The Morgan fingerprint density at radius 1 is 0.441 bits per heavy atom. The SMILES string of the molecule is C.C.CC(C)(C)OC(N)=O.Cc1cc(Cl)nc2sc(C(=O)NCCc3ccc(N4CCN(C(=O)OC(C)(C)C)CC4)cc3)c(N)c12.Cc1cc(N)nc2sc(C(=O)NCCc3ccc(N4CCNCC4)cc3)c(N)c12.Cc1cc(NC(=O)OC(C)(C)C)nc2sc(C(=O)NCCc3ccc(N4CCN(C(=O)OC(C)(C)C)CC4)cc3)c(N)c12. The fraction of sp³-hybridized carbons (Fsp3) is 0.459. The lowest BCUT2D eigenvalue weighted by Crippen LogP contribution is -2.50. The number of fused-ring (bicyclic) bond motifs is 3. The highest BCUT2D eigenvalue weighted by atomic mass is 35.5. The Labute approximate surface area is 709 Å². The molecule has 0 atom stereocenters. The number of ether oxygens (including phenoxy) is 4. The average molecular weight is 1700 g/mol. The third-order valence-electron chi connectivity index (χ3n) is 18.3. The van der Waals surface area contributed by atoms with Crippen LogP contribution in [0.25, 0.3) is 30.6 Å². The van der Waals surface area contributed by atoms with Gasteiger partial charge in [0.05, 0.1) is 17.1 Å². The molecule has 0 bridgehead atoms. The summed E-state index contributed by atoms with van der Waals surface area (Å²) in [5, 5.41) is 17.6. The number of primary amides is 1. The van der Waals surface area contributed by atoms with Gasteiger partial charge in [-0.2, -0.15) is 0 Å². The standard InChI is InChI=1S/C31H42N6O5S.C26H32ClN5O3S.C21H26N6OS.C5H11NO2.2CH4/c1-19-18-22(35-28(39)41-30(2,3)4)34-27-23(19)24(32)25(43-27)26(38)33-13-12-20-8-10-21(11-9-20)36-14-16-37(17-15-36)29(40)42-31(5,6)7;1-16-15-19(27)30-24-20(16)21(28)22(36-24)23(33)29-10-9-17-5-7-18(8-6-17)31-11-13-32(14-12-31)25(34)35-26(2,3)4;1-13-12-16(22)26-21-17(13)18(23)19(29-21)20(28)25-7-6-14-2-4-15(5-3-14)27-10-8-24-9-11-27;1-5(2,3)8-4(6)7;;/h8-11,18H,12-17,32H2,1-7H3,(H,33,38)(H,34,35,39);5-8,15H,9-14,28H2,1-4H3,(H,29,33);2-5,12,24H,6-11,23H2,1H3,(H2,22,26)(H,25,28);1-3H3,(H2,6,7);2*1H4. The second kappa shape index (κ2) is 41.1. The van der Waals surface area contributed by atoms with Crippen LogP contribution in [0.4, 0.5) is 64.9 Å². The maximum atomic E-state index is 13.0. The van der Waals surface area contributed by atoms with Crippen molar-refractivity contribution in [3.63, 3.8) is 0 Å². The average Bonchev–Trinajstić information content (AvgIpc) is 1.64. The minimum atomic E-state index is -0.725. The van der Waals surface area contributed by atoms with E-state index in [1.165, 1.54) is 45.3 Å². The summed E-state index contributed by atoms with van der Waals surface area (Å²) in [6.45, 7) is 38.6. The van der Waals surface area contributed by atoms with Crippen LogP contribution in [0.5, 0.6) is 0 Å². The van der Waals surface area contributed by atoms with Gasteiger partial charge in [0.25, 0.3) is 17.7 Å². The van der Waals surface area contributed by atoms with Crippen molar-refractivity contribution in [2.24, 2.45) is 5.73 Å². The molecular weight excluding hydrogens is 1580 g/mol. The summed E-state index contributed by atoms with van der Waals surface area (Å²) in [6.07, 6.45) is 0.271. The lowest BCUT2D eigenvalue weighted by atomic mass is 10.1. The number of halogens is 1. The van der Waals surface area contributed by atoms with Crippen molar-refractivity contribution in [2.45, 2.75) is 160 Å². The van der Waals surface area contributed by atoms with E-state index in [0.29, 0.717) is 127 Å². The van der Waals surface area contributed by atoms with Crippen LogP contribution >= 0.6 is 45.6 Å². The van der Waals surface area contributed by atoms with Gasteiger partial charge in [0.15, 0.2) is 0 Å². The molecule has 0 saturated carbocycles. The molecule has 15 N–H and O–H groups in total. The molecule has 3 saturated heterocycles. The summed E-state index contributed by atoms with van der Waals surface area (Å²) < 4.78 is 20.8. The molecule has 33 heteroatoms. The zero-order valence-electron chi connectivity index (χ0n) is 68.9. The van der Waals surface area contributed by atoms with Crippen molar-refractivity contribution in [3.8, 4) is 0 Å². The number of rotatable bonds is 16. The van der Waals surface area contributed by atoms with E-state index in [2.05, 4.69) is 134 Å². The summed E-state index contributed by atoms with van der Waals surface area (Å²) in [7, 11) is 0. The third-order valence-corrected chi connectivity index (χ3v) is 21.8. The number of nitrogens with two attached hydrogens (primary N) is 5. The number of carbonyl (C=O) groups excluding carboxylic acids is 7. The molecule has 3 aromatic carbocycles. The predicted molar refractivity (Wildman–Crippen MR) is 482 cm³/mol. The minimum absolute atomic E-state index is 0. The normalized spacial score (nSPS) is 13.7. The molecule has 3 aliphatic heterocycles. The van der Waals surface area contributed by atoms with Crippen LogP contribution in [0.3, 0.4) is 0 Å². The smallest absolute Gasteiger partial charge is 0.413 e. The van der Waals surface area contributed by atoms with E-state index < -0.39 is 34.6 Å². The van der Waals surface area contributed by atoms with E-state index in [-0.39, 0.29) is 44.8 Å². The molecule has 6 aromatic heterocycles. The first-order valence-corrected chi connectivity index (χ1v) is 41.4. The number of benzene rings is 3. The number of amides is 7. The lowest BCUT2D eigenvalue weighted by molar-refractivity contribution is 0.0230. The molecule has 3 aliphatic rings. The van der Waals surface area contributed by atoms with Crippen LogP contribution in [0.15, 0.2) is 91.0 Å². The maximum Gasteiger partial charge on any atom is 0.413 e. The second-order valence-electron chi connectivity index (χ2n) is 32.3. The second-order valence-corrected chi connectivity index (χ2v) is 35.7. The lowest BCUT2D eigenvalue weighted by Gasteiger charge is -2.36. The first kappa shape index (κ1) is 94.5. The summed E-state index contributed by atoms with van der Waals surface area (Å²) in [5.41, 5.74) is 38.1. The van der Waals surface area contributed by atoms with E-state index in [0.717, 1.165) is 109 Å². The van der Waals surface area contributed by atoms with Crippen molar-refractivity contribution in [1.82, 2.24) is 46.0 Å². The van der Waals surface area contributed by atoms with Crippen LogP contribution in [0.2, 0.25) is 5.15 Å². The predicted octanol–water partition coefficient (Wildman–Crippen LogP) is 14.7. The van der Waals surface area contributed by atoms with E-state index in [9.17, 15) is 33.6 Å². The van der Waals surface area contributed by atoms with Crippen LogP contribution in [-0.2, 0) is 38.2 Å². The van der Waals surface area contributed by atoms with Gasteiger partial charge in [-0.1, -0.05) is 62.9 Å². The van der Waals surface area contributed by atoms with Gasteiger partial charge in [-0.3, -0.25) is 19.7 Å². The summed E-state index contributed by atoms with van der Waals surface area (Å²) in [4.78, 5) is 112. The highest BCUT2D eigenvalue weighted by Crippen LogP contribution is 2.39. The molecule has 12 rings (SSSR count). The molecular formula is C85H119ClN18O11S3. The first-order chi connectivity index (χ1) is 54.5. The van der Waals surface area contributed by atoms with Gasteiger partial charge in [-0.15, -0.1) is 34.0 Å². The first-order valence-electron chi connectivity index (χ1n) is 38.6. The number of pyridine rings is 3. The van der Waals surface area contributed by atoms with Crippen molar-refractivity contribution >= 4 is 164 Å². The number of nitrogens with zero attached hydrogens (tertiary/aromatic N) is 8. The molecule has 9 aromatic rings. The number of anilines is 8. The Balaban J connectivity index is 0.000000234. The van der Waals surface area contributed by atoms with E-state index in [4.69, 9.17) is 54.5 Å². The van der Waals surface area contributed by atoms with E-state index in [1.807, 2.05) is 62.3 Å². The Bertz CT molecular complexity index is 4950. The molecule has 0 radical (unpaired) electrons. The highest BCUT2D eigenvalue weighted by Gasteiger charge is 2.30. The quantitative estimate of drug-likeness (QED) is 0.0317. The minimum Gasteiger partial charge on any atom is -0.444 e. The number of hydrogen-bond donors (Lipinski definition) is 10. The van der Waals surface area contributed by atoms with Gasteiger partial charge in [0, 0.05) is 131 Å². The topological polar surface area (TPSA) is 402 Å². The zero-order chi connectivity index (χ0) is 84.7. The Hall–Kier alpha value is -10.7. The van der Waals surface area contributed by atoms with Crippen molar-refractivity contribution in [3.05, 3.63) is 144 Å². The van der Waals surface area contributed by atoms with E-state index >= 15 is 0 Å². The molecule has 7 amide bonds. The highest BCUT2D eigenvalue weighted by molar-refractivity contribution is 7.22. The number of aromatic nitrogens is 3. The van der Waals surface area contributed by atoms with Gasteiger partial charge in [-0.25, -0.2) is 34.1 Å². The van der Waals surface area contributed by atoms with Crippen LogP contribution in [0.1, 0.15) is 160 Å². The molecule has 640 valence electrons. The fourth-order valence-electron chi connectivity index (χ4n) is 12.9. The van der Waals surface area contributed by atoms with Crippen molar-refractivity contribution in [1.29, 1.82) is 0 Å². The largest absolute Gasteiger partial charge is 0.444 e. The van der Waals surface area contributed by atoms with Gasteiger partial charge in [0.2, 0.25) is 0 Å². The Kier molecular flexibility index (Phi) is 32.9. The van der Waals surface area contributed by atoms with Crippen LogP contribution < -0.4 is 70.0 Å². The van der Waals surface area contributed by atoms with Crippen LogP contribution in [-0.4, -0.2) is 187 Å². The molecule has 118 heavy (non-hydrogen) atoms. The van der Waals surface area contributed by atoms with Gasteiger partial charge in [-0.05, 0) is 211 Å². The number of piperazine rings is 3. The number of nitrogens with one attached hydrogen (secondary N) is 5. The number of nitrogen functional groups attached to an aromatic ring is 4. The molecule has 0 aliphatic carbocycles. The van der Waals surface area contributed by atoms with Crippen LogP contribution in [0, 0.1) is 20.8 Å². The molecule has 0 unspecified atom stereocenters. The summed E-state index contributed by atoms with van der Waals surface area (Å²) in [5.74, 6) is 0.140.